The van der Waals surface area contributed by atoms with Gasteiger partial charge in [-0.2, -0.15) is 0 Å². The average molecular weight is 454 g/mol. The second-order valence-electron chi connectivity index (χ2n) is 8.92. The molecule has 4 heteroatoms. The molecule has 0 bridgehead atoms. The lowest BCUT2D eigenvalue weighted by atomic mass is 9.78. The number of phenols is 1. The van der Waals surface area contributed by atoms with E-state index in [1.807, 2.05) is 72.8 Å². The van der Waals surface area contributed by atoms with Gasteiger partial charge in [-0.1, -0.05) is 80.6 Å². The Morgan fingerprint density at radius 3 is 2.03 bits per heavy atom. The molecule has 3 N–H and O–H groups in total. The van der Waals surface area contributed by atoms with Crippen molar-refractivity contribution in [3.05, 3.63) is 125 Å². The third-order valence-electron chi connectivity index (χ3n) is 6.13. The predicted octanol–water partition coefficient (Wildman–Crippen LogP) is 6.33. The normalized spacial score (nSPS) is 11.3. The van der Waals surface area contributed by atoms with Gasteiger partial charge in [0.15, 0.2) is 11.5 Å². The summed E-state index contributed by atoms with van der Waals surface area (Å²) in [5.74, 6) is 1.41. The molecule has 4 aromatic rings. The van der Waals surface area contributed by atoms with Crippen molar-refractivity contribution in [1.29, 1.82) is 0 Å². The molecule has 0 atom stereocenters. The van der Waals surface area contributed by atoms with E-state index in [1.165, 1.54) is 5.56 Å². The van der Waals surface area contributed by atoms with E-state index in [1.54, 1.807) is 6.07 Å². The molecule has 4 aromatic carbocycles. The number of aromatic hydroxyl groups is 1. The molecule has 0 unspecified atom stereocenters. The largest absolute Gasteiger partial charge is 0.504 e. The fourth-order valence-corrected chi connectivity index (χ4v) is 3.90. The highest BCUT2D eigenvalue weighted by Crippen LogP contribution is 2.37. The predicted molar refractivity (Wildman–Crippen MR) is 136 cm³/mol. The minimum Gasteiger partial charge on any atom is -0.504 e. The third kappa shape index (κ3) is 5.59. The van der Waals surface area contributed by atoms with E-state index in [-0.39, 0.29) is 11.2 Å². The maximum absolute atomic E-state index is 10.4. The van der Waals surface area contributed by atoms with E-state index in [9.17, 15) is 5.11 Å². The molecule has 0 heterocycles. The van der Waals surface area contributed by atoms with Crippen molar-refractivity contribution < 1.29 is 14.6 Å². The summed E-state index contributed by atoms with van der Waals surface area (Å²) in [4.78, 5) is 0. The number of nitrogens with two attached hydrogens (primary N) is 1. The summed E-state index contributed by atoms with van der Waals surface area (Å²) < 4.78 is 11.9. The van der Waals surface area contributed by atoms with Gasteiger partial charge in [-0.25, -0.2) is 0 Å². The summed E-state index contributed by atoms with van der Waals surface area (Å²) in [5, 5.41) is 10.4. The van der Waals surface area contributed by atoms with Crippen LogP contribution in [-0.4, -0.2) is 5.11 Å². The van der Waals surface area contributed by atoms with Crippen molar-refractivity contribution in [3.8, 4) is 17.2 Å². The zero-order valence-corrected chi connectivity index (χ0v) is 19.7. The zero-order valence-electron chi connectivity index (χ0n) is 19.7. The first kappa shape index (κ1) is 23.4. The van der Waals surface area contributed by atoms with Crippen molar-refractivity contribution in [1.82, 2.24) is 0 Å². The standard InChI is InChI=1S/C30H31NO3/c1-30(2,25-9-4-3-5-10-25)26-13-16-28(32)29(18-26)34-21-24-8-6-7-23(17-24)20-33-27-14-11-22(19-31)12-15-27/h3-18,32H,19-21,31H2,1-2H3. The van der Waals surface area contributed by atoms with Crippen molar-refractivity contribution in [2.75, 3.05) is 0 Å². The summed E-state index contributed by atoms with van der Waals surface area (Å²) in [6.45, 7) is 5.67. The second-order valence-corrected chi connectivity index (χ2v) is 8.92. The minimum absolute atomic E-state index is 0.132. The molecule has 4 rings (SSSR count). The van der Waals surface area contributed by atoms with Crippen LogP contribution in [0.2, 0.25) is 0 Å². The lowest BCUT2D eigenvalue weighted by Gasteiger charge is -2.26. The topological polar surface area (TPSA) is 64.7 Å². The SMILES string of the molecule is CC(C)(c1ccccc1)c1ccc(O)c(OCc2cccc(COc3ccc(CN)cc3)c2)c1. The monoisotopic (exact) mass is 453 g/mol. The first-order chi connectivity index (χ1) is 16.5. The Balaban J connectivity index is 1.42. The zero-order chi connectivity index (χ0) is 24.0. The van der Waals surface area contributed by atoms with Gasteiger partial charge in [0, 0.05) is 12.0 Å². The molecule has 0 aliphatic carbocycles. The smallest absolute Gasteiger partial charge is 0.161 e. The molecular weight excluding hydrogens is 422 g/mol. The number of phenolic OH excluding ortho intramolecular Hbond substituents is 1. The Morgan fingerprint density at radius 1 is 0.676 bits per heavy atom. The highest BCUT2D eigenvalue weighted by atomic mass is 16.5. The summed E-state index contributed by atoms with van der Waals surface area (Å²) >= 11 is 0. The highest BCUT2D eigenvalue weighted by molar-refractivity contribution is 5.47. The molecule has 0 aliphatic heterocycles. The summed E-state index contributed by atoms with van der Waals surface area (Å²) in [5.41, 5.74) is 10.8. The van der Waals surface area contributed by atoms with E-state index >= 15 is 0 Å². The molecule has 0 amide bonds. The molecule has 174 valence electrons. The maximum atomic E-state index is 10.4. The second kappa shape index (κ2) is 10.4. The summed E-state index contributed by atoms with van der Waals surface area (Å²) in [6, 6.07) is 31.8. The molecule has 0 aliphatic rings. The van der Waals surface area contributed by atoms with Gasteiger partial charge in [-0.3, -0.25) is 0 Å². The molecule has 0 saturated carbocycles. The van der Waals surface area contributed by atoms with E-state index in [2.05, 4.69) is 32.0 Å². The molecule has 0 aromatic heterocycles. The van der Waals surface area contributed by atoms with Crippen LogP contribution >= 0.6 is 0 Å². The number of hydrogen-bond donors (Lipinski definition) is 2. The van der Waals surface area contributed by atoms with Crippen LogP contribution in [0.1, 0.15) is 41.7 Å². The summed E-state index contributed by atoms with van der Waals surface area (Å²) in [7, 11) is 0. The Labute approximate surface area is 201 Å². The number of rotatable bonds is 9. The number of ether oxygens (including phenoxy) is 2. The van der Waals surface area contributed by atoms with Gasteiger partial charge in [0.25, 0.3) is 0 Å². The molecular formula is C30H31NO3. The molecule has 0 fully saturated rings. The summed E-state index contributed by atoms with van der Waals surface area (Å²) in [6.07, 6.45) is 0. The molecule has 4 nitrogen and oxygen atoms in total. The Bertz CT molecular complexity index is 1220. The average Bonchev–Trinajstić information content (AvgIpc) is 2.88. The van der Waals surface area contributed by atoms with Gasteiger partial charge in [-0.05, 0) is 58.1 Å². The van der Waals surface area contributed by atoms with Gasteiger partial charge < -0.3 is 20.3 Å². The van der Waals surface area contributed by atoms with E-state index in [0.29, 0.717) is 25.5 Å². The van der Waals surface area contributed by atoms with E-state index in [0.717, 1.165) is 28.0 Å². The lowest BCUT2D eigenvalue weighted by Crippen LogP contribution is -2.18. The van der Waals surface area contributed by atoms with Gasteiger partial charge in [0.2, 0.25) is 0 Å². The van der Waals surface area contributed by atoms with Crippen LogP contribution in [0, 0.1) is 0 Å². The fraction of sp³-hybridized carbons (Fsp3) is 0.200. The molecule has 34 heavy (non-hydrogen) atoms. The molecule has 0 saturated heterocycles. The van der Waals surface area contributed by atoms with Gasteiger partial charge >= 0.3 is 0 Å². The van der Waals surface area contributed by atoms with Crippen LogP contribution in [0.25, 0.3) is 0 Å². The minimum atomic E-state index is -0.216. The Morgan fingerprint density at radius 2 is 1.35 bits per heavy atom. The van der Waals surface area contributed by atoms with Crippen molar-refractivity contribution >= 4 is 0 Å². The van der Waals surface area contributed by atoms with E-state index < -0.39 is 0 Å². The number of hydrogen-bond acceptors (Lipinski definition) is 4. The van der Waals surface area contributed by atoms with Crippen LogP contribution in [0.5, 0.6) is 17.2 Å². The van der Waals surface area contributed by atoms with Crippen molar-refractivity contribution in [3.63, 3.8) is 0 Å². The molecule has 0 spiro atoms. The van der Waals surface area contributed by atoms with Crippen LogP contribution in [0.4, 0.5) is 0 Å². The highest BCUT2D eigenvalue weighted by Gasteiger charge is 2.24. The van der Waals surface area contributed by atoms with Gasteiger partial charge in [0.1, 0.15) is 19.0 Å². The first-order valence-electron chi connectivity index (χ1n) is 11.5. The quantitative estimate of drug-likeness (QED) is 0.311. The fourth-order valence-electron chi connectivity index (χ4n) is 3.90. The van der Waals surface area contributed by atoms with E-state index in [4.69, 9.17) is 15.2 Å². The van der Waals surface area contributed by atoms with Gasteiger partial charge in [0.05, 0.1) is 0 Å². The first-order valence-corrected chi connectivity index (χ1v) is 11.5. The van der Waals surface area contributed by atoms with Crippen LogP contribution in [0.3, 0.4) is 0 Å². The lowest BCUT2D eigenvalue weighted by molar-refractivity contribution is 0.286. The Hall–Kier alpha value is -3.76. The van der Waals surface area contributed by atoms with Crippen molar-refractivity contribution in [2.24, 2.45) is 5.73 Å². The maximum Gasteiger partial charge on any atom is 0.161 e. The molecule has 0 radical (unpaired) electrons. The van der Waals surface area contributed by atoms with Crippen molar-refractivity contribution in [2.45, 2.75) is 39.0 Å². The van der Waals surface area contributed by atoms with Crippen LogP contribution in [0.15, 0.2) is 97.1 Å². The van der Waals surface area contributed by atoms with Crippen LogP contribution < -0.4 is 15.2 Å². The number of benzene rings is 4. The van der Waals surface area contributed by atoms with Crippen LogP contribution in [-0.2, 0) is 25.2 Å². The Kier molecular flexibility index (Phi) is 7.19. The third-order valence-corrected chi connectivity index (χ3v) is 6.13. The van der Waals surface area contributed by atoms with Gasteiger partial charge in [-0.15, -0.1) is 0 Å².